The molecule has 3 saturated carbocycles. The number of carbonyl (C=O) groups is 1. The van der Waals surface area contributed by atoms with Crippen LogP contribution in [-0.4, -0.2) is 23.8 Å². The molecule has 3 aliphatic carbocycles. The number of hydrogen-bond donors (Lipinski definition) is 1. The Kier molecular flexibility index (Phi) is 2.44. The van der Waals surface area contributed by atoms with Gasteiger partial charge < -0.3 is 9.84 Å². The molecule has 1 N–H and O–H groups in total. The van der Waals surface area contributed by atoms with Crippen LogP contribution in [0, 0.1) is 22.7 Å². The van der Waals surface area contributed by atoms with Gasteiger partial charge in [-0.15, -0.1) is 0 Å². The van der Waals surface area contributed by atoms with E-state index >= 15 is 0 Å². The van der Waals surface area contributed by atoms with Crippen molar-refractivity contribution in [3.63, 3.8) is 0 Å². The van der Waals surface area contributed by atoms with Gasteiger partial charge in [0.25, 0.3) is 0 Å². The zero-order valence-corrected chi connectivity index (χ0v) is 11.2. The van der Waals surface area contributed by atoms with E-state index in [4.69, 9.17) is 4.74 Å². The van der Waals surface area contributed by atoms with E-state index in [2.05, 4.69) is 13.5 Å². The lowest BCUT2D eigenvalue weighted by molar-refractivity contribution is -0.191. The van der Waals surface area contributed by atoms with Gasteiger partial charge in [-0.25, -0.2) is 0 Å². The molecule has 0 heterocycles. The number of esters is 1. The molecule has 100 valence electrons. The second-order valence-electron chi connectivity index (χ2n) is 6.48. The predicted molar refractivity (Wildman–Crippen MR) is 67.8 cm³/mol. The summed E-state index contributed by atoms with van der Waals surface area (Å²) in [4.78, 5) is 12.4. The van der Waals surface area contributed by atoms with Crippen molar-refractivity contribution in [1.82, 2.24) is 0 Å². The highest BCUT2D eigenvalue weighted by Gasteiger charge is 2.76. The Bertz CT molecular complexity index is 416. The standard InChI is InChI=1S/C15H22O3/c1-4-18-13(17)15-6-5-14(15,3)11-8-9(2)7-10(11)12(15)16/h10-12,16H,2,4-8H2,1,3H3/t10-,11+,12+,14-,15+/m0/s1. The maximum atomic E-state index is 12.4. The van der Waals surface area contributed by atoms with Crippen molar-refractivity contribution in [2.75, 3.05) is 6.61 Å². The summed E-state index contributed by atoms with van der Waals surface area (Å²) in [5, 5.41) is 10.7. The third-order valence-corrected chi connectivity index (χ3v) is 5.98. The molecule has 0 saturated heterocycles. The molecule has 0 bridgehead atoms. The van der Waals surface area contributed by atoms with Gasteiger partial charge in [0.15, 0.2) is 0 Å². The van der Waals surface area contributed by atoms with Crippen LogP contribution in [0.1, 0.15) is 39.5 Å². The van der Waals surface area contributed by atoms with Crippen LogP contribution in [-0.2, 0) is 9.53 Å². The van der Waals surface area contributed by atoms with Crippen LogP contribution in [0.2, 0.25) is 0 Å². The molecule has 0 aromatic carbocycles. The summed E-state index contributed by atoms with van der Waals surface area (Å²) >= 11 is 0. The quantitative estimate of drug-likeness (QED) is 0.604. The Hall–Kier alpha value is -0.830. The van der Waals surface area contributed by atoms with Gasteiger partial charge in [0, 0.05) is 0 Å². The lowest BCUT2D eigenvalue weighted by Gasteiger charge is -2.54. The Morgan fingerprint density at radius 1 is 1.50 bits per heavy atom. The molecule has 3 fully saturated rings. The van der Waals surface area contributed by atoms with E-state index in [0.717, 1.165) is 25.7 Å². The molecule has 3 aliphatic rings. The summed E-state index contributed by atoms with van der Waals surface area (Å²) in [5.41, 5.74) is 0.525. The average Bonchev–Trinajstić information content (AvgIpc) is 2.73. The fourth-order valence-corrected chi connectivity index (χ4v) is 4.92. The van der Waals surface area contributed by atoms with Crippen molar-refractivity contribution in [3.8, 4) is 0 Å². The van der Waals surface area contributed by atoms with E-state index in [0.29, 0.717) is 12.5 Å². The monoisotopic (exact) mass is 250 g/mol. The van der Waals surface area contributed by atoms with Crippen LogP contribution < -0.4 is 0 Å². The molecule has 3 nitrogen and oxygen atoms in total. The molecule has 0 amide bonds. The highest BCUT2D eigenvalue weighted by Crippen LogP contribution is 2.74. The number of fused-ring (bicyclic) bond motifs is 3. The minimum absolute atomic E-state index is 0.0806. The maximum Gasteiger partial charge on any atom is 0.315 e. The second kappa shape index (κ2) is 3.60. The van der Waals surface area contributed by atoms with Crippen molar-refractivity contribution >= 4 is 5.97 Å². The average molecular weight is 250 g/mol. The SMILES string of the molecule is C=C1C[C@H]2[C@@H](C1)[C@]1(C)CC[C@]1(C(=O)OCC)[C@@H]2O. The van der Waals surface area contributed by atoms with Gasteiger partial charge in [0.2, 0.25) is 0 Å². The normalized spacial score (nSPS) is 49.5. The highest BCUT2D eigenvalue weighted by atomic mass is 16.5. The summed E-state index contributed by atoms with van der Waals surface area (Å²) < 4.78 is 5.26. The van der Waals surface area contributed by atoms with Gasteiger partial charge >= 0.3 is 5.97 Å². The summed E-state index contributed by atoms with van der Waals surface area (Å²) in [5.74, 6) is 0.457. The number of aliphatic hydroxyl groups is 1. The molecule has 5 atom stereocenters. The van der Waals surface area contributed by atoms with Gasteiger partial charge in [-0.05, 0) is 49.9 Å². The van der Waals surface area contributed by atoms with Crippen molar-refractivity contribution < 1.29 is 14.6 Å². The van der Waals surface area contributed by atoms with E-state index in [1.54, 1.807) is 0 Å². The van der Waals surface area contributed by atoms with Gasteiger partial charge in [0.1, 0.15) is 0 Å². The van der Waals surface area contributed by atoms with Crippen molar-refractivity contribution in [2.24, 2.45) is 22.7 Å². The molecule has 18 heavy (non-hydrogen) atoms. The maximum absolute atomic E-state index is 12.4. The second-order valence-corrected chi connectivity index (χ2v) is 6.48. The number of ether oxygens (including phenoxy) is 1. The number of hydrogen-bond acceptors (Lipinski definition) is 3. The topological polar surface area (TPSA) is 46.5 Å². The third kappa shape index (κ3) is 1.12. The van der Waals surface area contributed by atoms with Gasteiger partial charge in [-0.3, -0.25) is 4.79 Å². The first-order chi connectivity index (χ1) is 8.47. The third-order valence-electron chi connectivity index (χ3n) is 5.98. The molecule has 0 aromatic heterocycles. The van der Waals surface area contributed by atoms with E-state index in [1.807, 2.05) is 6.92 Å². The summed E-state index contributed by atoms with van der Waals surface area (Å²) in [6.45, 7) is 8.45. The van der Waals surface area contributed by atoms with E-state index in [-0.39, 0.29) is 17.3 Å². The van der Waals surface area contributed by atoms with Gasteiger partial charge in [-0.1, -0.05) is 19.1 Å². The summed E-state index contributed by atoms with van der Waals surface area (Å²) in [7, 11) is 0. The molecule has 0 spiro atoms. The van der Waals surface area contributed by atoms with Crippen LogP contribution in [0.15, 0.2) is 12.2 Å². The zero-order chi connectivity index (χ0) is 13.1. The van der Waals surface area contributed by atoms with Crippen LogP contribution in [0.5, 0.6) is 0 Å². The van der Waals surface area contributed by atoms with Crippen LogP contribution in [0.3, 0.4) is 0 Å². The van der Waals surface area contributed by atoms with Gasteiger partial charge in [-0.2, -0.15) is 0 Å². The number of allylic oxidation sites excluding steroid dienone is 1. The minimum Gasteiger partial charge on any atom is -0.465 e. The van der Waals surface area contributed by atoms with Crippen LogP contribution in [0.4, 0.5) is 0 Å². The van der Waals surface area contributed by atoms with E-state index < -0.39 is 11.5 Å². The number of rotatable bonds is 2. The van der Waals surface area contributed by atoms with Crippen LogP contribution in [0.25, 0.3) is 0 Å². The molecule has 3 heteroatoms. The van der Waals surface area contributed by atoms with Crippen molar-refractivity contribution in [2.45, 2.75) is 45.6 Å². The lowest BCUT2D eigenvalue weighted by Crippen LogP contribution is -2.58. The molecule has 0 aromatic rings. The Balaban J connectivity index is 1.98. The molecule has 0 radical (unpaired) electrons. The molecular weight excluding hydrogens is 228 g/mol. The first-order valence-electron chi connectivity index (χ1n) is 6.99. The largest absolute Gasteiger partial charge is 0.465 e. The molecular formula is C15H22O3. The predicted octanol–water partition coefficient (Wildman–Crippen LogP) is 2.29. The Morgan fingerprint density at radius 2 is 2.22 bits per heavy atom. The summed E-state index contributed by atoms with van der Waals surface area (Å²) in [6, 6.07) is 0. The Morgan fingerprint density at radius 3 is 2.78 bits per heavy atom. The fourth-order valence-electron chi connectivity index (χ4n) is 4.92. The van der Waals surface area contributed by atoms with E-state index in [9.17, 15) is 9.90 Å². The van der Waals surface area contributed by atoms with Crippen molar-refractivity contribution in [1.29, 1.82) is 0 Å². The smallest absolute Gasteiger partial charge is 0.315 e. The van der Waals surface area contributed by atoms with Crippen LogP contribution >= 0.6 is 0 Å². The van der Waals surface area contributed by atoms with Crippen molar-refractivity contribution in [3.05, 3.63) is 12.2 Å². The number of carbonyl (C=O) groups excluding carboxylic acids is 1. The Labute approximate surface area is 108 Å². The fraction of sp³-hybridized carbons (Fsp3) is 0.800. The number of aliphatic hydroxyl groups excluding tert-OH is 1. The first-order valence-corrected chi connectivity index (χ1v) is 6.99. The van der Waals surface area contributed by atoms with Gasteiger partial charge in [0.05, 0.1) is 18.1 Å². The molecule has 3 rings (SSSR count). The zero-order valence-electron chi connectivity index (χ0n) is 11.2. The minimum atomic E-state index is -0.626. The summed E-state index contributed by atoms with van der Waals surface area (Å²) in [6.07, 6.45) is 3.11. The lowest BCUT2D eigenvalue weighted by atomic mass is 9.48. The van der Waals surface area contributed by atoms with E-state index in [1.165, 1.54) is 5.57 Å². The molecule has 0 aliphatic heterocycles. The first kappa shape index (κ1) is 12.2. The molecule has 0 unspecified atom stereocenters. The highest BCUT2D eigenvalue weighted by molar-refractivity contribution is 5.81.